The van der Waals surface area contributed by atoms with Crippen LogP contribution in [0.5, 0.6) is 0 Å². The Kier molecular flexibility index (Phi) is 7.72. The van der Waals surface area contributed by atoms with Gasteiger partial charge in [-0.2, -0.15) is 0 Å². The highest BCUT2D eigenvalue weighted by Gasteiger charge is 2.16. The molecule has 0 aromatic heterocycles. The topological polar surface area (TPSA) is 6.48 Å². The van der Waals surface area contributed by atoms with E-state index >= 15 is 0 Å². The predicted octanol–water partition coefficient (Wildman–Crippen LogP) is 8.11. The van der Waals surface area contributed by atoms with Crippen LogP contribution in [0.1, 0.15) is 42.5 Å². The lowest BCUT2D eigenvalue weighted by Gasteiger charge is -2.27. The van der Waals surface area contributed by atoms with Crippen LogP contribution in [0.15, 0.2) is 60.7 Å². The van der Waals surface area contributed by atoms with E-state index in [4.69, 9.17) is 0 Å². The molecule has 30 heavy (non-hydrogen) atoms. The summed E-state index contributed by atoms with van der Waals surface area (Å²) in [7, 11) is 0. The van der Waals surface area contributed by atoms with Gasteiger partial charge in [-0.05, 0) is 61.4 Å². The molecule has 0 unspecified atom stereocenters. The van der Waals surface area contributed by atoms with Gasteiger partial charge in [0, 0.05) is 48.3 Å². The third kappa shape index (κ3) is 3.71. The van der Waals surface area contributed by atoms with Gasteiger partial charge >= 0.3 is 0 Å². The molecule has 0 bridgehead atoms. The Hall–Kier alpha value is -2.74. The van der Waals surface area contributed by atoms with Crippen LogP contribution in [-0.2, 0) is 0 Å². The van der Waals surface area contributed by atoms with Gasteiger partial charge < -0.3 is 9.80 Å². The van der Waals surface area contributed by atoms with Crippen molar-refractivity contribution in [3.63, 3.8) is 0 Å². The minimum Gasteiger partial charge on any atom is -0.372 e. The average Bonchev–Trinajstić information content (AvgIpc) is 2.75. The second kappa shape index (κ2) is 9.84. The Bertz CT molecular complexity index is 1030. The van der Waals surface area contributed by atoms with Crippen LogP contribution in [0.25, 0.3) is 32.3 Å². The maximum Gasteiger partial charge on any atom is 0.0452 e. The number of rotatable bonds is 6. The van der Waals surface area contributed by atoms with E-state index in [1.165, 1.54) is 43.7 Å². The Balaban J connectivity index is 0.00000160. The highest BCUT2D eigenvalue weighted by atomic mass is 15.1. The van der Waals surface area contributed by atoms with E-state index < -0.39 is 0 Å². The molecule has 0 saturated carbocycles. The molecule has 2 nitrogen and oxygen atoms in total. The summed E-state index contributed by atoms with van der Waals surface area (Å²) in [5, 5.41) is 8.10. The van der Waals surface area contributed by atoms with Crippen LogP contribution in [-0.4, -0.2) is 26.2 Å². The molecule has 160 valence electrons. The second-order valence-corrected chi connectivity index (χ2v) is 7.32. The summed E-state index contributed by atoms with van der Waals surface area (Å²) in [5.74, 6) is 0. The largest absolute Gasteiger partial charge is 0.372 e. The number of nitrogens with zero attached hydrogens (tertiary/aromatic N) is 2. The Morgan fingerprint density at radius 1 is 0.467 bits per heavy atom. The van der Waals surface area contributed by atoms with Gasteiger partial charge in [0.2, 0.25) is 0 Å². The maximum absolute atomic E-state index is 2.47. The first-order valence-corrected chi connectivity index (χ1v) is 10.6. The summed E-state index contributed by atoms with van der Waals surface area (Å²) in [6.45, 7) is 13.0. The van der Waals surface area contributed by atoms with Gasteiger partial charge in [0.1, 0.15) is 0 Å². The van der Waals surface area contributed by atoms with E-state index in [9.17, 15) is 0 Å². The third-order valence-electron chi connectivity index (χ3n) is 6.05. The van der Waals surface area contributed by atoms with Crippen LogP contribution >= 0.6 is 0 Å². The number of hydrogen-bond acceptors (Lipinski definition) is 2. The number of anilines is 2. The third-order valence-corrected chi connectivity index (χ3v) is 6.05. The van der Waals surface area contributed by atoms with Crippen LogP contribution in [0.2, 0.25) is 0 Å². The summed E-state index contributed by atoms with van der Waals surface area (Å²) in [5.41, 5.74) is 2.68. The van der Waals surface area contributed by atoms with Crippen LogP contribution in [0.3, 0.4) is 0 Å². The minimum absolute atomic E-state index is 0. The van der Waals surface area contributed by atoms with Gasteiger partial charge in [-0.25, -0.2) is 0 Å². The molecule has 0 aliphatic rings. The fraction of sp³-hybridized carbons (Fsp3) is 0.357. The SMILES string of the molecule is C.C.CCN(CC)c1cc2c3ccccc3c(N(CC)CC)cc2c2ccccc12. The van der Waals surface area contributed by atoms with E-state index in [0.29, 0.717) is 0 Å². The van der Waals surface area contributed by atoms with Crippen molar-refractivity contribution in [1.82, 2.24) is 0 Å². The molecule has 0 aliphatic heterocycles. The van der Waals surface area contributed by atoms with Crippen molar-refractivity contribution >= 4 is 43.7 Å². The summed E-state index contributed by atoms with van der Waals surface area (Å²) in [4.78, 5) is 4.93. The quantitative estimate of drug-likeness (QED) is 0.300. The first-order valence-electron chi connectivity index (χ1n) is 10.6. The predicted molar refractivity (Wildman–Crippen MR) is 140 cm³/mol. The van der Waals surface area contributed by atoms with Gasteiger partial charge in [0.05, 0.1) is 0 Å². The molecule has 0 radical (unpaired) electrons. The number of hydrogen-bond donors (Lipinski definition) is 0. The van der Waals surface area contributed by atoms with E-state index in [2.05, 4.69) is 98.2 Å². The lowest BCUT2D eigenvalue weighted by Crippen LogP contribution is -2.22. The molecule has 0 saturated heterocycles. The van der Waals surface area contributed by atoms with Gasteiger partial charge in [-0.3, -0.25) is 0 Å². The molecule has 0 N–H and O–H groups in total. The molecule has 4 aromatic carbocycles. The van der Waals surface area contributed by atoms with Gasteiger partial charge in [0.25, 0.3) is 0 Å². The lowest BCUT2D eigenvalue weighted by atomic mass is 9.94. The van der Waals surface area contributed by atoms with Crippen molar-refractivity contribution in [2.45, 2.75) is 42.5 Å². The molecule has 0 heterocycles. The second-order valence-electron chi connectivity index (χ2n) is 7.32. The Morgan fingerprint density at radius 3 is 1.07 bits per heavy atom. The van der Waals surface area contributed by atoms with Crippen molar-refractivity contribution in [1.29, 1.82) is 0 Å². The van der Waals surface area contributed by atoms with E-state index in [1.807, 2.05) is 0 Å². The van der Waals surface area contributed by atoms with Gasteiger partial charge in [0.15, 0.2) is 0 Å². The van der Waals surface area contributed by atoms with Crippen molar-refractivity contribution in [2.75, 3.05) is 36.0 Å². The molecule has 4 aromatic rings. The van der Waals surface area contributed by atoms with Crippen LogP contribution in [0.4, 0.5) is 11.4 Å². The minimum atomic E-state index is 0. The standard InChI is InChI=1S/C26H30N2.2CH4/c1-5-27(6-2)25-17-23-20-14-10-12-16-22(20)26(28(7-3)8-4)18-24(23)19-13-9-11-15-21(19)25;;/h9-18H,5-8H2,1-4H3;2*1H4. The Morgan fingerprint density at radius 2 is 0.767 bits per heavy atom. The van der Waals surface area contributed by atoms with Crippen LogP contribution in [0, 0.1) is 0 Å². The van der Waals surface area contributed by atoms with E-state index in [-0.39, 0.29) is 14.9 Å². The zero-order valence-electron chi connectivity index (χ0n) is 17.5. The molecular weight excluding hydrogens is 364 g/mol. The smallest absolute Gasteiger partial charge is 0.0452 e. The summed E-state index contributed by atoms with van der Waals surface area (Å²) < 4.78 is 0. The highest BCUT2D eigenvalue weighted by Crippen LogP contribution is 2.41. The lowest BCUT2D eigenvalue weighted by molar-refractivity contribution is 0.870. The number of fused-ring (bicyclic) bond motifs is 5. The number of benzene rings is 4. The monoisotopic (exact) mass is 402 g/mol. The zero-order chi connectivity index (χ0) is 19.7. The summed E-state index contributed by atoms with van der Waals surface area (Å²) in [6.07, 6.45) is 0. The van der Waals surface area contributed by atoms with Crippen molar-refractivity contribution < 1.29 is 0 Å². The molecule has 0 fully saturated rings. The van der Waals surface area contributed by atoms with Crippen molar-refractivity contribution in [3.8, 4) is 0 Å². The van der Waals surface area contributed by atoms with Gasteiger partial charge in [-0.1, -0.05) is 63.4 Å². The van der Waals surface area contributed by atoms with Crippen LogP contribution < -0.4 is 9.80 Å². The summed E-state index contributed by atoms with van der Waals surface area (Å²) >= 11 is 0. The van der Waals surface area contributed by atoms with E-state index in [1.54, 1.807) is 0 Å². The molecular formula is C28H38N2. The molecule has 0 amide bonds. The fourth-order valence-electron chi connectivity index (χ4n) is 4.56. The van der Waals surface area contributed by atoms with Crippen molar-refractivity contribution in [2.24, 2.45) is 0 Å². The fourth-order valence-corrected chi connectivity index (χ4v) is 4.56. The summed E-state index contributed by atoms with van der Waals surface area (Å²) in [6, 6.07) is 22.6. The van der Waals surface area contributed by atoms with E-state index in [0.717, 1.165) is 26.2 Å². The van der Waals surface area contributed by atoms with Crippen molar-refractivity contribution in [3.05, 3.63) is 60.7 Å². The zero-order valence-corrected chi connectivity index (χ0v) is 17.5. The molecule has 4 rings (SSSR count). The molecule has 0 spiro atoms. The highest BCUT2D eigenvalue weighted by molar-refractivity contribution is 6.23. The molecule has 0 aliphatic carbocycles. The maximum atomic E-state index is 2.47. The molecule has 2 heteroatoms. The normalized spacial score (nSPS) is 10.7. The average molecular weight is 403 g/mol. The first kappa shape index (κ1) is 23.5. The molecule has 0 atom stereocenters. The Labute approximate surface area is 183 Å². The first-order chi connectivity index (χ1) is 13.7. The van der Waals surface area contributed by atoms with Gasteiger partial charge in [-0.15, -0.1) is 0 Å².